The first-order valence-electron chi connectivity index (χ1n) is 5.53. The van der Waals surface area contributed by atoms with Crippen LogP contribution in [0, 0.1) is 5.92 Å². The second-order valence-electron chi connectivity index (χ2n) is 4.76. The van der Waals surface area contributed by atoms with Gasteiger partial charge in [0.1, 0.15) is 0 Å². The van der Waals surface area contributed by atoms with Gasteiger partial charge in [-0.3, -0.25) is 0 Å². The molecule has 0 aromatic carbocycles. The number of aliphatic hydroxyl groups is 1. The molecule has 2 atom stereocenters. The Morgan fingerprint density at radius 3 is 2.62 bits per heavy atom. The van der Waals surface area contributed by atoms with Crippen molar-refractivity contribution in [3.8, 4) is 0 Å². The molecule has 0 aromatic heterocycles. The Hall–Kier alpha value is -0.0800. The van der Waals surface area contributed by atoms with E-state index in [1.165, 1.54) is 32.1 Å². The van der Waals surface area contributed by atoms with Crippen molar-refractivity contribution in [1.29, 1.82) is 0 Å². The second-order valence-corrected chi connectivity index (χ2v) is 4.76. The molecule has 2 unspecified atom stereocenters. The fraction of sp³-hybridized carbons (Fsp3) is 1.00. The number of hydrogen-bond acceptors (Lipinski definition) is 2. The molecule has 76 valence electrons. The quantitative estimate of drug-likeness (QED) is 0.712. The molecule has 0 aromatic rings. The lowest BCUT2D eigenvalue weighted by Gasteiger charge is -2.47. The van der Waals surface area contributed by atoms with Gasteiger partial charge in [0.05, 0.1) is 18.3 Å². The summed E-state index contributed by atoms with van der Waals surface area (Å²) in [6.45, 7) is 2.43. The lowest BCUT2D eigenvalue weighted by molar-refractivity contribution is -0.173. The highest BCUT2D eigenvalue weighted by atomic mass is 16.5. The smallest absolute Gasteiger partial charge is 0.0813 e. The lowest BCUT2D eigenvalue weighted by atomic mass is 9.70. The third-order valence-corrected chi connectivity index (χ3v) is 3.81. The Morgan fingerprint density at radius 1 is 1.31 bits per heavy atom. The van der Waals surface area contributed by atoms with E-state index in [0.717, 1.165) is 12.3 Å². The summed E-state index contributed by atoms with van der Waals surface area (Å²) in [5.41, 5.74) is 0.0872. The van der Waals surface area contributed by atoms with Crippen molar-refractivity contribution >= 4 is 0 Å². The molecular weight excluding hydrogens is 164 g/mol. The first kappa shape index (κ1) is 9.47. The van der Waals surface area contributed by atoms with Crippen molar-refractivity contribution in [2.75, 3.05) is 6.61 Å². The van der Waals surface area contributed by atoms with Crippen LogP contribution in [0.3, 0.4) is 0 Å². The van der Waals surface area contributed by atoms with Crippen LogP contribution in [0.4, 0.5) is 0 Å². The minimum atomic E-state index is 0.0872. The normalized spacial score (nSPS) is 41.5. The Labute approximate surface area is 80.3 Å². The van der Waals surface area contributed by atoms with Gasteiger partial charge in [-0.15, -0.1) is 0 Å². The summed E-state index contributed by atoms with van der Waals surface area (Å²) in [7, 11) is 0. The van der Waals surface area contributed by atoms with Gasteiger partial charge in [-0.1, -0.05) is 6.42 Å². The van der Waals surface area contributed by atoms with Gasteiger partial charge in [0, 0.05) is 0 Å². The molecular formula is C11H20O2. The summed E-state index contributed by atoms with van der Waals surface area (Å²) in [6.07, 6.45) is 7.58. The maximum absolute atomic E-state index is 9.07. The molecule has 1 aliphatic heterocycles. The number of rotatable bonds is 2. The van der Waals surface area contributed by atoms with Gasteiger partial charge in [-0.25, -0.2) is 0 Å². The van der Waals surface area contributed by atoms with E-state index in [1.54, 1.807) is 0 Å². The third-order valence-electron chi connectivity index (χ3n) is 3.81. The molecule has 2 fully saturated rings. The van der Waals surface area contributed by atoms with Crippen LogP contribution in [0.1, 0.15) is 45.4 Å². The van der Waals surface area contributed by atoms with E-state index in [9.17, 15) is 0 Å². The van der Waals surface area contributed by atoms with Crippen LogP contribution in [0.25, 0.3) is 0 Å². The highest BCUT2D eigenvalue weighted by Gasteiger charge is 2.42. The fourth-order valence-electron chi connectivity index (χ4n) is 2.63. The van der Waals surface area contributed by atoms with Crippen molar-refractivity contribution in [2.45, 2.75) is 57.2 Å². The SMILES string of the molecule is CC1(C2CCC2)CCCC(CO)O1. The average molecular weight is 184 g/mol. The molecule has 1 aliphatic carbocycles. The van der Waals surface area contributed by atoms with Gasteiger partial charge >= 0.3 is 0 Å². The zero-order valence-electron chi connectivity index (χ0n) is 8.46. The summed E-state index contributed by atoms with van der Waals surface area (Å²) in [4.78, 5) is 0. The van der Waals surface area contributed by atoms with Crippen LogP contribution in [0.15, 0.2) is 0 Å². The Morgan fingerprint density at radius 2 is 2.08 bits per heavy atom. The third kappa shape index (κ3) is 1.75. The van der Waals surface area contributed by atoms with E-state index in [4.69, 9.17) is 9.84 Å². The average Bonchev–Trinajstić information content (AvgIpc) is 2.00. The van der Waals surface area contributed by atoms with Crippen LogP contribution in [-0.2, 0) is 4.74 Å². The molecule has 2 nitrogen and oxygen atoms in total. The van der Waals surface area contributed by atoms with E-state index in [1.807, 2.05) is 0 Å². The molecule has 1 heterocycles. The topological polar surface area (TPSA) is 29.5 Å². The zero-order chi connectivity index (χ0) is 9.31. The van der Waals surface area contributed by atoms with Crippen LogP contribution in [-0.4, -0.2) is 23.4 Å². The monoisotopic (exact) mass is 184 g/mol. The van der Waals surface area contributed by atoms with Gasteiger partial charge in [0.2, 0.25) is 0 Å². The number of hydrogen-bond donors (Lipinski definition) is 1. The molecule has 0 radical (unpaired) electrons. The van der Waals surface area contributed by atoms with E-state index in [0.29, 0.717) is 0 Å². The molecule has 13 heavy (non-hydrogen) atoms. The van der Waals surface area contributed by atoms with Crippen LogP contribution < -0.4 is 0 Å². The summed E-state index contributed by atoms with van der Waals surface area (Å²) in [5, 5.41) is 9.07. The fourth-order valence-corrected chi connectivity index (χ4v) is 2.63. The van der Waals surface area contributed by atoms with E-state index < -0.39 is 0 Å². The molecule has 0 amide bonds. The Balaban J connectivity index is 1.95. The molecule has 1 saturated heterocycles. The molecule has 0 bridgehead atoms. The predicted octanol–water partition coefficient (Wildman–Crippen LogP) is 2.11. The van der Waals surface area contributed by atoms with Crippen LogP contribution in [0.5, 0.6) is 0 Å². The lowest BCUT2D eigenvalue weighted by Crippen LogP contribution is -2.47. The molecule has 1 N–H and O–H groups in total. The zero-order valence-corrected chi connectivity index (χ0v) is 8.46. The highest BCUT2D eigenvalue weighted by Crippen LogP contribution is 2.44. The predicted molar refractivity (Wildman–Crippen MR) is 51.6 cm³/mol. The number of aliphatic hydroxyl groups excluding tert-OH is 1. The van der Waals surface area contributed by atoms with Gasteiger partial charge < -0.3 is 9.84 Å². The van der Waals surface area contributed by atoms with Crippen molar-refractivity contribution in [1.82, 2.24) is 0 Å². The van der Waals surface area contributed by atoms with Gasteiger partial charge in [-0.05, 0) is 44.9 Å². The van der Waals surface area contributed by atoms with Crippen molar-refractivity contribution in [2.24, 2.45) is 5.92 Å². The second kappa shape index (κ2) is 3.58. The van der Waals surface area contributed by atoms with Gasteiger partial charge in [0.25, 0.3) is 0 Å². The van der Waals surface area contributed by atoms with Crippen molar-refractivity contribution < 1.29 is 9.84 Å². The van der Waals surface area contributed by atoms with Gasteiger partial charge in [0.15, 0.2) is 0 Å². The summed E-state index contributed by atoms with van der Waals surface area (Å²) in [5.74, 6) is 0.766. The van der Waals surface area contributed by atoms with Crippen LogP contribution >= 0.6 is 0 Å². The van der Waals surface area contributed by atoms with E-state index in [-0.39, 0.29) is 18.3 Å². The molecule has 1 saturated carbocycles. The van der Waals surface area contributed by atoms with E-state index >= 15 is 0 Å². The molecule has 0 spiro atoms. The first-order valence-corrected chi connectivity index (χ1v) is 5.53. The standard InChI is InChI=1S/C11H20O2/c1-11(9-4-2-5-9)7-3-6-10(8-12)13-11/h9-10,12H,2-8H2,1H3. The summed E-state index contributed by atoms with van der Waals surface area (Å²) < 4.78 is 5.98. The Bertz CT molecular complexity index is 177. The van der Waals surface area contributed by atoms with Crippen LogP contribution in [0.2, 0.25) is 0 Å². The first-order chi connectivity index (χ1) is 6.24. The summed E-state index contributed by atoms with van der Waals surface area (Å²) >= 11 is 0. The van der Waals surface area contributed by atoms with E-state index in [2.05, 4.69) is 6.92 Å². The Kier molecular flexibility index (Phi) is 2.61. The maximum Gasteiger partial charge on any atom is 0.0813 e. The van der Waals surface area contributed by atoms with Crippen molar-refractivity contribution in [3.63, 3.8) is 0 Å². The summed E-state index contributed by atoms with van der Waals surface area (Å²) in [6, 6.07) is 0. The molecule has 2 rings (SSSR count). The van der Waals surface area contributed by atoms with Crippen molar-refractivity contribution in [3.05, 3.63) is 0 Å². The molecule has 2 aliphatic rings. The minimum Gasteiger partial charge on any atom is -0.394 e. The van der Waals surface area contributed by atoms with Gasteiger partial charge in [-0.2, -0.15) is 0 Å². The number of ether oxygens (including phenoxy) is 1. The minimum absolute atomic E-state index is 0.0872. The maximum atomic E-state index is 9.07. The largest absolute Gasteiger partial charge is 0.394 e. The molecule has 2 heteroatoms. The highest BCUT2D eigenvalue weighted by molar-refractivity contribution is 4.92.